The van der Waals surface area contributed by atoms with Gasteiger partial charge >= 0.3 is 0 Å². The van der Waals surface area contributed by atoms with Crippen LogP contribution in [-0.4, -0.2) is 63.9 Å². The van der Waals surface area contributed by atoms with Gasteiger partial charge in [-0.05, 0) is 58.0 Å². The molecule has 0 spiro atoms. The van der Waals surface area contributed by atoms with E-state index in [4.69, 9.17) is 17.0 Å². The molecule has 2 aliphatic rings. The lowest BCUT2D eigenvalue weighted by Crippen LogP contribution is -2.51. The van der Waals surface area contributed by atoms with E-state index < -0.39 is 0 Å². The van der Waals surface area contributed by atoms with Gasteiger partial charge in [0.2, 0.25) is 11.0 Å². The molecule has 2 atom stereocenters. The Balaban J connectivity index is 1.30. The lowest BCUT2D eigenvalue weighted by Gasteiger charge is -2.39. The zero-order valence-electron chi connectivity index (χ0n) is 18.4. The van der Waals surface area contributed by atoms with E-state index in [2.05, 4.69) is 34.4 Å². The van der Waals surface area contributed by atoms with Crippen molar-refractivity contribution in [3.63, 3.8) is 0 Å². The Hall–Kier alpha value is -1.81. The van der Waals surface area contributed by atoms with Gasteiger partial charge in [0.25, 0.3) is 0 Å². The van der Waals surface area contributed by atoms with Crippen LogP contribution in [-0.2, 0) is 16.2 Å². The van der Waals surface area contributed by atoms with Crippen LogP contribution in [0.5, 0.6) is 0 Å². The van der Waals surface area contributed by atoms with Crippen LogP contribution in [0, 0.1) is 16.8 Å². The highest BCUT2D eigenvalue weighted by atomic mass is 32.1. The van der Waals surface area contributed by atoms with E-state index in [9.17, 15) is 4.79 Å². The van der Waals surface area contributed by atoms with Crippen LogP contribution in [0.25, 0.3) is 0 Å². The average molecular weight is 462 g/mol. The second-order valence-electron chi connectivity index (χ2n) is 8.70. The molecular weight excluding hydrogens is 430 g/mol. The van der Waals surface area contributed by atoms with Gasteiger partial charge in [0.1, 0.15) is 0 Å². The number of likely N-dealkylation sites (tertiary alicyclic amines) is 1. The standard InChI is InChI=1S/C22H31N5O2S2/c1-15-4-6-19(7-5-15)23-21-24-27(22(30)31-21)14-25-10-8-18(9-11-25)20(28)26-12-16(2)29-17(3)13-26/h4-7,16-18H,8-14H2,1-3H3,(H,23,24). The molecule has 1 aromatic carbocycles. The fraction of sp³-hybridized carbons (Fsp3) is 0.591. The summed E-state index contributed by atoms with van der Waals surface area (Å²) in [5, 5.41) is 8.79. The third-order valence-corrected chi connectivity index (χ3v) is 7.13. The lowest BCUT2D eigenvalue weighted by molar-refractivity contribution is -0.149. The summed E-state index contributed by atoms with van der Waals surface area (Å²) in [5.41, 5.74) is 2.23. The summed E-state index contributed by atoms with van der Waals surface area (Å²) >= 11 is 7.01. The normalized spacial score (nSPS) is 23.1. The van der Waals surface area contributed by atoms with Crippen molar-refractivity contribution in [2.24, 2.45) is 5.92 Å². The monoisotopic (exact) mass is 461 g/mol. The molecule has 2 unspecified atom stereocenters. The number of ether oxygens (including phenoxy) is 1. The third-order valence-electron chi connectivity index (χ3n) is 5.91. The summed E-state index contributed by atoms with van der Waals surface area (Å²) in [5.74, 6) is 0.396. The van der Waals surface area contributed by atoms with E-state index >= 15 is 0 Å². The van der Waals surface area contributed by atoms with Gasteiger partial charge in [0.05, 0.1) is 18.9 Å². The number of nitrogens with zero attached hydrogens (tertiary/aromatic N) is 4. The van der Waals surface area contributed by atoms with Crippen molar-refractivity contribution in [1.82, 2.24) is 19.6 Å². The molecule has 1 amide bonds. The van der Waals surface area contributed by atoms with Crippen LogP contribution >= 0.6 is 23.6 Å². The molecular formula is C22H31N5O2S2. The molecule has 1 N–H and O–H groups in total. The molecule has 2 aromatic rings. The van der Waals surface area contributed by atoms with Crippen LogP contribution in [0.2, 0.25) is 0 Å². The van der Waals surface area contributed by atoms with Crippen molar-refractivity contribution >= 4 is 40.3 Å². The minimum Gasteiger partial charge on any atom is -0.372 e. The van der Waals surface area contributed by atoms with Crippen LogP contribution in [0.1, 0.15) is 32.3 Å². The van der Waals surface area contributed by atoms with Crippen molar-refractivity contribution in [1.29, 1.82) is 0 Å². The molecule has 168 valence electrons. The number of carbonyl (C=O) groups excluding carboxylic acids is 1. The highest BCUT2D eigenvalue weighted by molar-refractivity contribution is 7.73. The first-order valence-electron chi connectivity index (χ1n) is 11.0. The van der Waals surface area contributed by atoms with Gasteiger partial charge in [-0.2, -0.15) is 0 Å². The summed E-state index contributed by atoms with van der Waals surface area (Å²) in [7, 11) is 0. The predicted octanol–water partition coefficient (Wildman–Crippen LogP) is 4.03. The van der Waals surface area contributed by atoms with Crippen LogP contribution < -0.4 is 5.32 Å². The molecule has 31 heavy (non-hydrogen) atoms. The maximum Gasteiger partial charge on any atom is 0.225 e. The smallest absolute Gasteiger partial charge is 0.225 e. The van der Waals surface area contributed by atoms with E-state index in [-0.39, 0.29) is 24.0 Å². The van der Waals surface area contributed by atoms with Gasteiger partial charge < -0.3 is 15.0 Å². The fourth-order valence-corrected chi connectivity index (χ4v) is 5.35. The molecule has 0 aliphatic carbocycles. The summed E-state index contributed by atoms with van der Waals surface area (Å²) in [4.78, 5) is 17.3. The van der Waals surface area contributed by atoms with E-state index in [0.717, 1.165) is 40.7 Å². The van der Waals surface area contributed by atoms with Gasteiger partial charge in [0, 0.05) is 37.8 Å². The Morgan fingerprint density at radius 3 is 2.48 bits per heavy atom. The molecule has 2 fully saturated rings. The number of nitrogens with one attached hydrogen (secondary N) is 1. The number of hydrogen-bond donors (Lipinski definition) is 1. The molecule has 0 bridgehead atoms. The van der Waals surface area contributed by atoms with Crippen molar-refractivity contribution in [3.05, 3.63) is 33.8 Å². The van der Waals surface area contributed by atoms with Crippen LogP contribution in [0.3, 0.4) is 0 Å². The van der Waals surface area contributed by atoms with Crippen LogP contribution in [0.4, 0.5) is 10.8 Å². The maximum atomic E-state index is 13.0. The number of morpholine rings is 1. The largest absolute Gasteiger partial charge is 0.372 e. The van der Waals surface area contributed by atoms with Gasteiger partial charge in [-0.25, -0.2) is 4.68 Å². The number of benzene rings is 1. The molecule has 1 aromatic heterocycles. The molecule has 4 rings (SSSR count). The Bertz CT molecular complexity index is 940. The maximum absolute atomic E-state index is 13.0. The summed E-state index contributed by atoms with van der Waals surface area (Å²) in [6.07, 6.45) is 1.99. The quantitative estimate of drug-likeness (QED) is 0.679. The topological polar surface area (TPSA) is 62.6 Å². The van der Waals surface area contributed by atoms with E-state index in [1.807, 2.05) is 35.6 Å². The Kier molecular flexibility index (Phi) is 7.05. The second kappa shape index (κ2) is 9.77. The number of anilines is 2. The molecule has 2 aliphatic heterocycles. The average Bonchev–Trinajstić information content (AvgIpc) is 3.07. The van der Waals surface area contributed by atoms with Gasteiger partial charge in [-0.1, -0.05) is 29.0 Å². The fourth-order valence-electron chi connectivity index (χ4n) is 4.33. The third kappa shape index (κ3) is 5.71. The second-order valence-corrected chi connectivity index (χ2v) is 10.3. The molecule has 7 nitrogen and oxygen atoms in total. The van der Waals surface area contributed by atoms with Gasteiger partial charge in [0.15, 0.2) is 3.95 Å². The van der Waals surface area contributed by atoms with E-state index in [1.165, 1.54) is 16.9 Å². The molecule has 0 saturated carbocycles. The Labute approximate surface area is 193 Å². The summed E-state index contributed by atoms with van der Waals surface area (Å²) in [6, 6.07) is 8.23. The first kappa shape index (κ1) is 22.4. The lowest BCUT2D eigenvalue weighted by atomic mass is 9.95. The minimum atomic E-state index is 0.107. The minimum absolute atomic E-state index is 0.107. The first-order chi connectivity index (χ1) is 14.9. The number of rotatable bonds is 5. The molecule has 0 radical (unpaired) electrons. The number of piperidine rings is 1. The highest BCUT2D eigenvalue weighted by Crippen LogP contribution is 2.24. The summed E-state index contributed by atoms with van der Waals surface area (Å²) in [6.45, 7) is 9.98. The predicted molar refractivity (Wildman–Crippen MR) is 126 cm³/mol. The zero-order chi connectivity index (χ0) is 22.0. The number of aryl methyl sites for hydroxylation is 1. The zero-order valence-corrected chi connectivity index (χ0v) is 20.0. The van der Waals surface area contributed by atoms with Crippen molar-refractivity contribution < 1.29 is 9.53 Å². The Morgan fingerprint density at radius 2 is 1.84 bits per heavy atom. The number of hydrogen-bond acceptors (Lipinski definition) is 7. The Morgan fingerprint density at radius 1 is 1.19 bits per heavy atom. The van der Waals surface area contributed by atoms with Crippen molar-refractivity contribution in [2.75, 3.05) is 31.5 Å². The number of amides is 1. The summed E-state index contributed by atoms with van der Waals surface area (Å²) < 4.78 is 8.40. The van der Waals surface area contributed by atoms with Gasteiger partial charge in [-0.3, -0.25) is 9.69 Å². The van der Waals surface area contributed by atoms with Gasteiger partial charge in [-0.15, -0.1) is 5.10 Å². The number of aromatic nitrogens is 2. The number of carbonyl (C=O) groups is 1. The first-order valence-corrected chi connectivity index (χ1v) is 12.2. The van der Waals surface area contributed by atoms with E-state index in [1.54, 1.807) is 0 Å². The van der Waals surface area contributed by atoms with Crippen molar-refractivity contribution in [3.8, 4) is 0 Å². The SMILES string of the molecule is Cc1ccc(Nc2nn(CN3CCC(C(=O)N4CC(C)OC(C)C4)CC3)c(=S)s2)cc1. The van der Waals surface area contributed by atoms with Crippen LogP contribution in [0.15, 0.2) is 24.3 Å². The highest BCUT2D eigenvalue weighted by Gasteiger charge is 2.32. The van der Waals surface area contributed by atoms with Crippen molar-refractivity contribution in [2.45, 2.75) is 52.5 Å². The molecule has 2 saturated heterocycles. The molecule has 3 heterocycles. The molecule has 9 heteroatoms. The van der Waals surface area contributed by atoms with E-state index in [0.29, 0.717) is 19.8 Å².